The number of imide groups is 2. The van der Waals surface area contributed by atoms with Gasteiger partial charge in [0.05, 0.1) is 0 Å². The van der Waals surface area contributed by atoms with Gasteiger partial charge in [0.1, 0.15) is 0 Å². The molecule has 2 unspecified atom stereocenters. The minimum atomic E-state index is -0.785. The number of carbonyl (C=O) groups is 3. The van der Waals surface area contributed by atoms with Gasteiger partial charge in [0.2, 0.25) is 0 Å². The smallest absolute Gasteiger partial charge is 0.276 e. The predicted molar refractivity (Wildman–Crippen MR) is 62.1 cm³/mol. The van der Waals surface area contributed by atoms with Crippen LogP contribution in [-0.4, -0.2) is 39.8 Å². The molecule has 1 fully saturated rings. The minimum absolute atomic E-state index is 0.214. The maximum Gasteiger partial charge on any atom is 0.330 e. The number of hydrogen-bond acceptors (Lipinski definition) is 4. The Morgan fingerprint density at radius 2 is 2.00 bits per heavy atom. The number of amides is 4. The first kappa shape index (κ1) is 13.0. The minimum Gasteiger partial charge on any atom is -0.276 e. The van der Waals surface area contributed by atoms with Crippen LogP contribution in [0.1, 0.15) is 27.2 Å². The van der Waals surface area contributed by atoms with Crippen molar-refractivity contribution < 1.29 is 14.4 Å². The van der Waals surface area contributed by atoms with E-state index in [0.717, 1.165) is 11.3 Å². The highest BCUT2D eigenvalue weighted by atomic mass is 32.2. The van der Waals surface area contributed by atoms with Crippen LogP contribution in [0.5, 0.6) is 0 Å². The fourth-order valence-electron chi connectivity index (χ4n) is 1.34. The monoisotopic (exact) mass is 244 g/mol. The largest absolute Gasteiger partial charge is 0.330 e. The van der Waals surface area contributed by atoms with Crippen molar-refractivity contribution in [3.8, 4) is 0 Å². The molecule has 0 aromatic carbocycles. The maximum absolute atomic E-state index is 11.9. The zero-order valence-electron chi connectivity index (χ0n) is 9.65. The summed E-state index contributed by atoms with van der Waals surface area (Å²) in [6.07, 6.45) is 0.877. The Balaban J connectivity index is 2.79. The van der Waals surface area contributed by atoms with E-state index in [9.17, 15) is 14.4 Å². The molecule has 2 atom stereocenters. The van der Waals surface area contributed by atoms with E-state index < -0.39 is 23.1 Å². The second kappa shape index (κ2) is 5.34. The van der Waals surface area contributed by atoms with Crippen LogP contribution < -0.4 is 5.32 Å². The molecule has 1 aliphatic heterocycles. The van der Waals surface area contributed by atoms with Crippen molar-refractivity contribution in [1.82, 2.24) is 10.2 Å². The van der Waals surface area contributed by atoms with Gasteiger partial charge in [0, 0.05) is 11.8 Å². The van der Waals surface area contributed by atoms with Crippen LogP contribution in [0, 0.1) is 0 Å². The van der Waals surface area contributed by atoms with Crippen molar-refractivity contribution in [2.45, 2.75) is 37.7 Å². The van der Waals surface area contributed by atoms with E-state index in [1.165, 1.54) is 11.8 Å². The first-order chi connectivity index (χ1) is 7.51. The number of urea groups is 1. The van der Waals surface area contributed by atoms with Gasteiger partial charge in [-0.15, -0.1) is 11.8 Å². The van der Waals surface area contributed by atoms with E-state index in [1.807, 2.05) is 13.8 Å². The quantitative estimate of drug-likeness (QED) is 0.749. The molecule has 1 saturated heterocycles. The van der Waals surface area contributed by atoms with E-state index in [4.69, 9.17) is 0 Å². The highest BCUT2D eigenvalue weighted by Gasteiger charge is 2.40. The van der Waals surface area contributed by atoms with E-state index in [-0.39, 0.29) is 11.8 Å². The number of nitrogens with zero attached hydrogens (tertiary/aromatic N) is 1. The lowest BCUT2D eigenvalue weighted by atomic mass is 10.3. The third-order valence-electron chi connectivity index (χ3n) is 2.46. The van der Waals surface area contributed by atoms with Crippen LogP contribution in [0.15, 0.2) is 0 Å². The third kappa shape index (κ3) is 2.55. The van der Waals surface area contributed by atoms with Crippen LogP contribution in [0.2, 0.25) is 0 Å². The summed E-state index contributed by atoms with van der Waals surface area (Å²) in [7, 11) is 0. The summed E-state index contributed by atoms with van der Waals surface area (Å²) < 4.78 is 0. The molecule has 0 aromatic rings. The Morgan fingerprint density at radius 1 is 1.38 bits per heavy atom. The zero-order chi connectivity index (χ0) is 12.3. The molecule has 1 rings (SSSR count). The first-order valence-corrected chi connectivity index (χ1v) is 6.27. The molecule has 0 radical (unpaired) electrons. The summed E-state index contributed by atoms with van der Waals surface area (Å²) in [5.41, 5.74) is 0. The van der Waals surface area contributed by atoms with E-state index >= 15 is 0 Å². The van der Waals surface area contributed by atoms with Crippen LogP contribution in [0.3, 0.4) is 0 Å². The van der Waals surface area contributed by atoms with Crippen molar-refractivity contribution in [2.75, 3.05) is 6.54 Å². The number of thioether (sulfide) groups is 1. The van der Waals surface area contributed by atoms with Gasteiger partial charge in [0.25, 0.3) is 11.8 Å². The fraction of sp³-hybridized carbons (Fsp3) is 0.700. The normalized spacial score (nSPS) is 23.3. The van der Waals surface area contributed by atoms with E-state index in [2.05, 4.69) is 5.32 Å². The van der Waals surface area contributed by atoms with Gasteiger partial charge in [0.15, 0.2) is 5.25 Å². The molecule has 1 aliphatic rings. The lowest BCUT2D eigenvalue weighted by Crippen LogP contribution is -2.59. The van der Waals surface area contributed by atoms with Crippen molar-refractivity contribution in [3.05, 3.63) is 0 Å². The van der Waals surface area contributed by atoms with E-state index in [1.54, 1.807) is 6.92 Å². The summed E-state index contributed by atoms with van der Waals surface area (Å²) in [4.78, 5) is 35.8. The molecule has 0 saturated carbocycles. The molecule has 0 spiro atoms. The maximum atomic E-state index is 11.9. The average Bonchev–Trinajstić information content (AvgIpc) is 2.24. The number of rotatable bonds is 4. The Morgan fingerprint density at radius 3 is 2.50 bits per heavy atom. The van der Waals surface area contributed by atoms with Gasteiger partial charge in [-0.25, -0.2) is 4.79 Å². The molecule has 5 nitrogen and oxygen atoms in total. The number of nitrogens with one attached hydrogen (secondary N) is 1. The van der Waals surface area contributed by atoms with Crippen molar-refractivity contribution >= 4 is 29.6 Å². The zero-order valence-corrected chi connectivity index (χ0v) is 10.5. The van der Waals surface area contributed by atoms with Crippen LogP contribution >= 0.6 is 11.8 Å². The molecule has 0 bridgehead atoms. The second-order valence-corrected chi connectivity index (χ2v) is 5.16. The van der Waals surface area contributed by atoms with E-state index in [0.29, 0.717) is 0 Å². The molecule has 6 heteroatoms. The SMILES string of the molecule is CCC(C)SC1C(=O)NC(=O)N(CC)C1=O. The molecular formula is C10H16N2O3S. The Hall–Kier alpha value is -1.04. The van der Waals surface area contributed by atoms with Gasteiger partial charge in [-0.05, 0) is 13.3 Å². The topological polar surface area (TPSA) is 66.5 Å². The summed E-state index contributed by atoms with van der Waals surface area (Å²) in [5.74, 6) is -0.897. The standard InChI is InChI=1S/C10H16N2O3S/c1-4-6(3)16-7-8(13)11-10(15)12(5-2)9(7)14/h6-7H,4-5H2,1-3H3,(H,11,13,15). The van der Waals surface area contributed by atoms with Gasteiger partial charge in [-0.2, -0.15) is 0 Å². The van der Waals surface area contributed by atoms with Gasteiger partial charge in [-0.3, -0.25) is 19.8 Å². The second-order valence-electron chi connectivity index (χ2n) is 3.61. The van der Waals surface area contributed by atoms with Crippen molar-refractivity contribution in [3.63, 3.8) is 0 Å². The summed E-state index contributed by atoms with van der Waals surface area (Å²) in [6, 6.07) is -0.612. The van der Waals surface area contributed by atoms with Crippen molar-refractivity contribution in [1.29, 1.82) is 0 Å². The summed E-state index contributed by atoms with van der Waals surface area (Å²) in [6.45, 7) is 5.94. The third-order valence-corrected chi connectivity index (χ3v) is 3.95. The highest BCUT2D eigenvalue weighted by Crippen LogP contribution is 2.24. The fourth-order valence-corrected chi connectivity index (χ4v) is 2.42. The van der Waals surface area contributed by atoms with Crippen LogP contribution in [0.4, 0.5) is 4.79 Å². The molecule has 0 aliphatic carbocycles. The highest BCUT2D eigenvalue weighted by molar-refractivity contribution is 8.01. The molecule has 16 heavy (non-hydrogen) atoms. The van der Waals surface area contributed by atoms with Gasteiger partial charge < -0.3 is 0 Å². The molecule has 1 N–H and O–H groups in total. The summed E-state index contributed by atoms with van der Waals surface area (Å²) in [5, 5.41) is 1.63. The number of barbiturate groups is 1. The van der Waals surface area contributed by atoms with Crippen LogP contribution in [0.25, 0.3) is 0 Å². The van der Waals surface area contributed by atoms with Crippen molar-refractivity contribution in [2.24, 2.45) is 0 Å². The molecule has 4 amide bonds. The summed E-state index contributed by atoms with van der Waals surface area (Å²) >= 11 is 1.30. The Bertz CT molecular complexity index is 319. The lowest BCUT2D eigenvalue weighted by molar-refractivity contribution is -0.135. The Labute approximate surface area is 98.9 Å². The molecule has 1 heterocycles. The van der Waals surface area contributed by atoms with Gasteiger partial charge >= 0.3 is 6.03 Å². The average molecular weight is 244 g/mol. The lowest BCUT2D eigenvalue weighted by Gasteiger charge is -2.29. The molecule has 90 valence electrons. The predicted octanol–water partition coefficient (Wildman–Crippen LogP) is 0.985. The molecule has 0 aromatic heterocycles. The number of hydrogen-bond donors (Lipinski definition) is 1. The van der Waals surface area contributed by atoms with Gasteiger partial charge in [-0.1, -0.05) is 13.8 Å². The van der Waals surface area contributed by atoms with Crippen LogP contribution in [-0.2, 0) is 9.59 Å². The molecular weight excluding hydrogens is 228 g/mol. The number of carbonyl (C=O) groups excluding carboxylic acids is 3. The Kier molecular flexibility index (Phi) is 4.35. The first-order valence-electron chi connectivity index (χ1n) is 5.32.